The van der Waals surface area contributed by atoms with Crippen molar-refractivity contribution in [3.05, 3.63) is 29.7 Å². The van der Waals surface area contributed by atoms with Crippen LogP contribution in [0.2, 0.25) is 0 Å². The number of aryl methyl sites for hydroxylation is 1. The molecule has 1 saturated heterocycles. The maximum Gasteiger partial charge on any atom is 0.202 e. The number of nitrogens with zero attached hydrogens (tertiary/aromatic N) is 1. The van der Waals surface area contributed by atoms with Crippen molar-refractivity contribution >= 4 is 11.1 Å². The lowest BCUT2D eigenvalue weighted by atomic mass is 9.77. The van der Waals surface area contributed by atoms with Gasteiger partial charge in [-0.1, -0.05) is 26.3 Å². The Kier molecular flexibility index (Phi) is 3.79. The topological polar surface area (TPSA) is 38.1 Å². The van der Waals surface area contributed by atoms with E-state index in [1.54, 1.807) is 0 Å². The molecule has 3 rings (SSSR count). The number of oxazole rings is 1. The smallest absolute Gasteiger partial charge is 0.202 e. The van der Waals surface area contributed by atoms with Crippen molar-refractivity contribution in [2.45, 2.75) is 51.4 Å². The third-order valence-corrected chi connectivity index (χ3v) is 4.51. The van der Waals surface area contributed by atoms with E-state index in [1.807, 2.05) is 0 Å². The Morgan fingerprint density at radius 1 is 1.35 bits per heavy atom. The van der Waals surface area contributed by atoms with Crippen LogP contribution in [0.3, 0.4) is 0 Å². The first-order chi connectivity index (χ1) is 9.77. The molecule has 1 fully saturated rings. The van der Waals surface area contributed by atoms with Gasteiger partial charge in [-0.15, -0.1) is 0 Å². The highest BCUT2D eigenvalue weighted by Gasteiger charge is 2.37. The van der Waals surface area contributed by atoms with Crippen molar-refractivity contribution in [3.8, 4) is 0 Å². The molecule has 0 amide bonds. The second-order valence-corrected chi connectivity index (χ2v) is 5.99. The van der Waals surface area contributed by atoms with Crippen LogP contribution in [0, 0.1) is 0 Å². The van der Waals surface area contributed by atoms with Gasteiger partial charge in [0.1, 0.15) is 5.52 Å². The molecule has 0 aliphatic carbocycles. The predicted octanol–water partition coefficient (Wildman–Crippen LogP) is 3.81. The first-order valence-electron chi connectivity index (χ1n) is 7.88. The van der Waals surface area contributed by atoms with Crippen LogP contribution in [0.15, 0.2) is 22.6 Å². The van der Waals surface area contributed by atoms with Gasteiger partial charge in [0.15, 0.2) is 5.58 Å². The first kappa shape index (κ1) is 13.6. The quantitative estimate of drug-likeness (QED) is 0.919. The minimum atomic E-state index is 0.0956. The molecule has 2 heterocycles. The Morgan fingerprint density at radius 3 is 2.95 bits per heavy atom. The van der Waals surface area contributed by atoms with Gasteiger partial charge in [0.2, 0.25) is 5.89 Å². The lowest BCUT2D eigenvalue weighted by molar-refractivity contribution is 0.239. The Morgan fingerprint density at radius 2 is 2.25 bits per heavy atom. The highest BCUT2D eigenvalue weighted by atomic mass is 16.3. The van der Waals surface area contributed by atoms with Crippen LogP contribution in [0.25, 0.3) is 11.1 Å². The molecular formula is C17H24N2O. The normalized spacial score (nSPS) is 23.3. The molecule has 108 valence electrons. The van der Waals surface area contributed by atoms with Crippen LogP contribution in [0.5, 0.6) is 0 Å². The second kappa shape index (κ2) is 5.57. The van der Waals surface area contributed by atoms with Gasteiger partial charge >= 0.3 is 0 Å². The van der Waals surface area contributed by atoms with E-state index in [4.69, 9.17) is 9.40 Å². The van der Waals surface area contributed by atoms with Crippen molar-refractivity contribution in [2.24, 2.45) is 0 Å². The van der Waals surface area contributed by atoms with E-state index in [1.165, 1.54) is 24.8 Å². The maximum atomic E-state index is 6.11. The fourth-order valence-electron chi connectivity index (χ4n) is 3.37. The van der Waals surface area contributed by atoms with Crippen molar-refractivity contribution < 1.29 is 4.42 Å². The lowest BCUT2D eigenvalue weighted by Crippen LogP contribution is -2.43. The molecule has 1 N–H and O–H groups in total. The average molecular weight is 272 g/mol. The van der Waals surface area contributed by atoms with Gasteiger partial charge in [-0.05, 0) is 49.9 Å². The molecule has 0 radical (unpaired) electrons. The van der Waals surface area contributed by atoms with Gasteiger partial charge in [-0.2, -0.15) is 0 Å². The van der Waals surface area contributed by atoms with E-state index in [-0.39, 0.29) is 5.41 Å². The minimum Gasteiger partial charge on any atom is -0.440 e. The Bertz CT molecular complexity index is 576. The zero-order valence-electron chi connectivity index (χ0n) is 12.5. The Labute approximate surface area is 120 Å². The molecule has 1 unspecified atom stereocenters. The van der Waals surface area contributed by atoms with Crippen molar-refractivity contribution in [1.82, 2.24) is 10.3 Å². The van der Waals surface area contributed by atoms with Crippen LogP contribution >= 0.6 is 0 Å². The molecule has 1 aromatic carbocycles. The monoisotopic (exact) mass is 272 g/mol. The molecule has 1 atom stereocenters. The second-order valence-electron chi connectivity index (χ2n) is 5.99. The van der Waals surface area contributed by atoms with Gasteiger partial charge in [-0.3, -0.25) is 0 Å². The van der Waals surface area contributed by atoms with Crippen molar-refractivity contribution in [2.75, 3.05) is 13.1 Å². The SMILES string of the molecule is CCCC1(c2nc3cc(CC)ccc3o2)CCCNC1. The molecule has 20 heavy (non-hydrogen) atoms. The molecule has 3 nitrogen and oxygen atoms in total. The highest BCUT2D eigenvalue weighted by Crippen LogP contribution is 2.36. The summed E-state index contributed by atoms with van der Waals surface area (Å²) in [4.78, 5) is 4.83. The number of benzene rings is 1. The summed E-state index contributed by atoms with van der Waals surface area (Å²) in [5.74, 6) is 0.940. The molecule has 2 aromatic rings. The molecule has 3 heteroatoms. The van der Waals surface area contributed by atoms with Gasteiger partial charge in [0.05, 0.1) is 5.41 Å². The summed E-state index contributed by atoms with van der Waals surface area (Å²) >= 11 is 0. The summed E-state index contributed by atoms with van der Waals surface area (Å²) in [6.07, 6.45) is 5.74. The molecule has 0 bridgehead atoms. The fraction of sp³-hybridized carbons (Fsp3) is 0.588. The van der Waals surface area contributed by atoms with E-state index in [2.05, 4.69) is 37.4 Å². The predicted molar refractivity (Wildman–Crippen MR) is 82.1 cm³/mol. The first-order valence-corrected chi connectivity index (χ1v) is 7.88. The highest BCUT2D eigenvalue weighted by molar-refractivity contribution is 5.73. The minimum absolute atomic E-state index is 0.0956. The van der Waals surface area contributed by atoms with Crippen molar-refractivity contribution in [1.29, 1.82) is 0 Å². The number of piperidine rings is 1. The summed E-state index contributed by atoms with van der Waals surface area (Å²) < 4.78 is 6.11. The number of nitrogens with one attached hydrogen (secondary N) is 1. The zero-order valence-corrected chi connectivity index (χ0v) is 12.5. The van der Waals surface area contributed by atoms with Gasteiger partial charge in [-0.25, -0.2) is 4.98 Å². The summed E-state index contributed by atoms with van der Waals surface area (Å²) in [6.45, 7) is 6.53. The lowest BCUT2D eigenvalue weighted by Gasteiger charge is -2.34. The summed E-state index contributed by atoms with van der Waals surface area (Å²) in [5, 5.41) is 3.53. The average Bonchev–Trinajstić information content (AvgIpc) is 2.92. The molecular weight excluding hydrogens is 248 g/mol. The molecule has 1 aliphatic rings. The molecule has 1 aliphatic heterocycles. The summed E-state index contributed by atoms with van der Waals surface area (Å²) in [5.41, 5.74) is 3.36. The van der Waals surface area contributed by atoms with Gasteiger partial charge in [0.25, 0.3) is 0 Å². The van der Waals surface area contributed by atoms with E-state index >= 15 is 0 Å². The van der Waals surface area contributed by atoms with Gasteiger partial charge in [0, 0.05) is 6.54 Å². The van der Waals surface area contributed by atoms with Gasteiger partial charge < -0.3 is 9.73 Å². The van der Waals surface area contributed by atoms with E-state index in [9.17, 15) is 0 Å². The Hall–Kier alpha value is -1.35. The molecule has 0 spiro atoms. The molecule has 0 saturated carbocycles. The fourth-order valence-corrected chi connectivity index (χ4v) is 3.37. The maximum absolute atomic E-state index is 6.11. The number of aromatic nitrogens is 1. The van der Waals surface area contributed by atoms with E-state index in [0.717, 1.165) is 42.9 Å². The summed E-state index contributed by atoms with van der Waals surface area (Å²) in [6, 6.07) is 6.38. The van der Waals surface area contributed by atoms with Crippen LogP contribution in [-0.4, -0.2) is 18.1 Å². The van der Waals surface area contributed by atoms with Crippen LogP contribution in [0.4, 0.5) is 0 Å². The number of hydrogen-bond acceptors (Lipinski definition) is 3. The number of hydrogen-bond donors (Lipinski definition) is 1. The largest absolute Gasteiger partial charge is 0.440 e. The van der Waals surface area contributed by atoms with Crippen molar-refractivity contribution in [3.63, 3.8) is 0 Å². The van der Waals surface area contributed by atoms with E-state index < -0.39 is 0 Å². The van der Waals surface area contributed by atoms with Crippen LogP contribution in [-0.2, 0) is 11.8 Å². The summed E-state index contributed by atoms with van der Waals surface area (Å²) in [7, 11) is 0. The molecule has 1 aromatic heterocycles. The number of rotatable bonds is 4. The third-order valence-electron chi connectivity index (χ3n) is 4.51. The Balaban J connectivity index is 2.02. The van der Waals surface area contributed by atoms with Crippen LogP contribution < -0.4 is 5.32 Å². The number of fused-ring (bicyclic) bond motifs is 1. The van der Waals surface area contributed by atoms with Crippen LogP contribution in [0.1, 0.15) is 51.0 Å². The van der Waals surface area contributed by atoms with E-state index in [0.29, 0.717) is 0 Å². The standard InChI is InChI=1S/C17H24N2O/c1-3-8-17(9-5-10-18-12-17)16-19-14-11-13(4-2)6-7-15(14)20-16/h6-7,11,18H,3-5,8-10,12H2,1-2H3. The zero-order chi connectivity index (χ0) is 14.0. The third kappa shape index (κ3) is 2.35.